The van der Waals surface area contributed by atoms with Crippen LogP contribution in [0.25, 0.3) is 11.0 Å². The average molecular weight is 313 g/mol. The highest BCUT2D eigenvalue weighted by Gasteiger charge is 2.08. The minimum absolute atomic E-state index is 0.449. The number of nitrogens with zero attached hydrogens (tertiary/aromatic N) is 3. The first-order chi connectivity index (χ1) is 10.7. The van der Waals surface area contributed by atoms with Gasteiger partial charge in [0.2, 0.25) is 0 Å². The number of para-hydroxylation sites is 1. The second kappa shape index (κ2) is 5.98. The second-order valence-corrected chi connectivity index (χ2v) is 5.09. The fourth-order valence-corrected chi connectivity index (χ4v) is 2.41. The highest BCUT2D eigenvalue weighted by Crippen LogP contribution is 2.24. The van der Waals surface area contributed by atoms with Crippen LogP contribution in [0.3, 0.4) is 0 Å². The van der Waals surface area contributed by atoms with Gasteiger partial charge in [-0.2, -0.15) is 0 Å². The van der Waals surface area contributed by atoms with Crippen LogP contribution >= 0.6 is 12.2 Å². The predicted molar refractivity (Wildman–Crippen MR) is 91.3 cm³/mol. The number of anilines is 2. The molecule has 2 heterocycles. The van der Waals surface area contributed by atoms with E-state index in [-0.39, 0.29) is 0 Å². The molecular formula is C15H15N5OS. The van der Waals surface area contributed by atoms with Gasteiger partial charge in [0.05, 0.1) is 30.8 Å². The number of benzene rings is 1. The molecule has 6 nitrogen and oxygen atoms in total. The lowest BCUT2D eigenvalue weighted by Gasteiger charge is -2.13. The van der Waals surface area contributed by atoms with Gasteiger partial charge < -0.3 is 19.9 Å². The van der Waals surface area contributed by atoms with Crippen LogP contribution in [0.15, 0.2) is 43.0 Å². The molecule has 3 aromatic rings. The van der Waals surface area contributed by atoms with E-state index in [1.54, 1.807) is 31.9 Å². The maximum absolute atomic E-state index is 5.36. The highest BCUT2D eigenvalue weighted by atomic mass is 32.1. The first-order valence-electron chi connectivity index (χ1n) is 6.65. The van der Waals surface area contributed by atoms with Crippen molar-refractivity contribution in [1.82, 2.24) is 14.5 Å². The zero-order chi connectivity index (χ0) is 15.5. The van der Waals surface area contributed by atoms with Crippen molar-refractivity contribution in [2.75, 3.05) is 17.7 Å². The van der Waals surface area contributed by atoms with Crippen LogP contribution in [0, 0.1) is 0 Å². The zero-order valence-corrected chi connectivity index (χ0v) is 13.0. The molecule has 0 aliphatic carbocycles. The summed E-state index contributed by atoms with van der Waals surface area (Å²) in [6.07, 6.45) is 5.10. The molecule has 7 heteroatoms. The maximum Gasteiger partial charge on any atom is 0.175 e. The first-order valence-corrected chi connectivity index (χ1v) is 7.06. The van der Waals surface area contributed by atoms with Crippen molar-refractivity contribution in [3.05, 3.63) is 43.0 Å². The maximum atomic E-state index is 5.36. The van der Waals surface area contributed by atoms with Crippen LogP contribution in [-0.2, 0) is 7.05 Å². The number of thiocarbonyl (C=S) groups is 1. The van der Waals surface area contributed by atoms with Crippen molar-refractivity contribution >= 4 is 39.7 Å². The Hall–Kier alpha value is -2.67. The Morgan fingerprint density at radius 1 is 1.23 bits per heavy atom. The van der Waals surface area contributed by atoms with Gasteiger partial charge >= 0.3 is 0 Å². The van der Waals surface area contributed by atoms with Crippen molar-refractivity contribution in [2.24, 2.45) is 7.05 Å². The van der Waals surface area contributed by atoms with E-state index < -0.39 is 0 Å². The number of imidazole rings is 1. The smallest absolute Gasteiger partial charge is 0.175 e. The molecule has 112 valence electrons. The molecule has 0 aliphatic heterocycles. The van der Waals surface area contributed by atoms with Gasteiger partial charge in [0.1, 0.15) is 17.0 Å². The molecule has 0 atom stereocenters. The summed E-state index contributed by atoms with van der Waals surface area (Å²) in [5.41, 5.74) is 3.45. The standard InChI is InChI=1S/C15H15N5OS/c1-20-9-17-14-10(4-3-5-12(14)20)18-15(22)19-11-8-16-7-6-13(11)21-2/h3-9H,1-2H3,(H2,18,19,22). The molecule has 0 radical (unpaired) electrons. The second-order valence-electron chi connectivity index (χ2n) is 4.68. The number of rotatable bonds is 3. The molecule has 0 unspecified atom stereocenters. The fraction of sp³-hybridized carbons (Fsp3) is 0.133. The molecule has 0 saturated carbocycles. The number of ether oxygens (including phenoxy) is 1. The van der Waals surface area contributed by atoms with Crippen LogP contribution in [0.5, 0.6) is 5.75 Å². The summed E-state index contributed by atoms with van der Waals surface area (Å²) in [4.78, 5) is 8.45. The molecule has 0 amide bonds. The highest BCUT2D eigenvalue weighted by molar-refractivity contribution is 7.80. The van der Waals surface area contributed by atoms with Gasteiger partial charge in [0, 0.05) is 19.3 Å². The van der Waals surface area contributed by atoms with Gasteiger partial charge in [-0.1, -0.05) is 6.07 Å². The van der Waals surface area contributed by atoms with Gasteiger partial charge in [-0.3, -0.25) is 4.98 Å². The Labute approximate surface area is 133 Å². The minimum atomic E-state index is 0.449. The average Bonchev–Trinajstić information content (AvgIpc) is 2.90. The van der Waals surface area contributed by atoms with Crippen molar-refractivity contribution < 1.29 is 4.74 Å². The summed E-state index contributed by atoms with van der Waals surface area (Å²) in [6.45, 7) is 0. The summed E-state index contributed by atoms with van der Waals surface area (Å²) in [5, 5.41) is 6.69. The Kier molecular flexibility index (Phi) is 3.88. The fourth-order valence-electron chi connectivity index (χ4n) is 2.19. The molecule has 0 saturated heterocycles. The number of aryl methyl sites for hydroxylation is 1. The quantitative estimate of drug-likeness (QED) is 0.725. The SMILES string of the molecule is COc1ccncc1NC(=S)Nc1cccc2c1ncn2C. The van der Waals surface area contributed by atoms with Crippen LogP contribution in [-0.4, -0.2) is 26.8 Å². The summed E-state index contributed by atoms with van der Waals surface area (Å²) < 4.78 is 7.22. The summed E-state index contributed by atoms with van der Waals surface area (Å²) in [5.74, 6) is 0.676. The lowest BCUT2D eigenvalue weighted by Crippen LogP contribution is -2.19. The molecule has 0 spiro atoms. The lowest BCUT2D eigenvalue weighted by molar-refractivity contribution is 0.416. The van der Waals surface area contributed by atoms with Gasteiger partial charge in [-0.15, -0.1) is 0 Å². The molecule has 3 rings (SSSR count). The third kappa shape index (κ3) is 2.71. The molecule has 2 aromatic heterocycles. The third-order valence-electron chi connectivity index (χ3n) is 3.25. The lowest BCUT2D eigenvalue weighted by atomic mass is 10.2. The van der Waals surface area contributed by atoms with Crippen molar-refractivity contribution in [3.63, 3.8) is 0 Å². The van der Waals surface area contributed by atoms with E-state index in [0.717, 1.165) is 16.7 Å². The van der Waals surface area contributed by atoms with Gasteiger partial charge in [-0.25, -0.2) is 4.98 Å². The molecule has 0 aliphatic rings. The number of methoxy groups -OCH3 is 1. The Bertz CT molecular complexity index is 830. The molecule has 0 fully saturated rings. The van der Waals surface area contributed by atoms with E-state index in [4.69, 9.17) is 17.0 Å². The number of hydrogen-bond acceptors (Lipinski definition) is 4. The van der Waals surface area contributed by atoms with E-state index in [1.165, 1.54) is 0 Å². The molecule has 0 bridgehead atoms. The van der Waals surface area contributed by atoms with Crippen molar-refractivity contribution in [2.45, 2.75) is 0 Å². The van der Waals surface area contributed by atoms with Crippen LogP contribution in [0.1, 0.15) is 0 Å². The van der Waals surface area contributed by atoms with Gasteiger partial charge in [0.15, 0.2) is 5.11 Å². The molecule has 1 aromatic carbocycles. The summed E-state index contributed by atoms with van der Waals surface area (Å²) in [7, 11) is 3.56. The predicted octanol–water partition coefficient (Wildman–Crippen LogP) is 2.79. The van der Waals surface area contributed by atoms with E-state index in [2.05, 4.69) is 20.6 Å². The Balaban J connectivity index is 1.81. The van der Waals surface area contributed by atoms with Crippen molar-refractivity contribution in [1.29, 1.82) is 0 Å². The largest absolute Gasteiger partial charge is 0.494 e. The number of fused-ring (bicyclic) bond motifs is 1. The number of nitrogens with one attached hydrogen (secondary N) is 2. The molecule has 2 N–H and O–H groups in total. The Morgan fingerprint density at radius 2 is 2.05 bits per heavy atom. The van der Waals surface area contributed by atoms with Crippen LogP contribution in [0.4, 0.5) is 11.4 Å². The normalized spacial score (nSPS) is 10.5. The summed E-state index contributed by atoms with van der Waals surface area (Å²) >= 11 is 5.36. The number of hydrogen-bond donors (Lipinski definition) is 2. The van der Waals surface area contributed by atoms with Crippen LogP contribution < -0.4 is 15.4 Å². The Morgan fingerprint density at radius 3 is 2.86 bits per heavy atom. The van der Waals surface area contributed by atoms with Gasteiger partial charge in [-0.05, 0) is 24.4 Å². The summed E-state index contributed by atoms with van der Waals surface area (Å²) in [6, 6.07) is 7.67. The topological polar surface area (TPSA) is 64.0 Å². The van der Waals surface area contributed by atoms with Crippen molar-refractivity contribution in [3.8, 4) is 5.75 Å². The first kappa shape index (κ1) is 14.3. The monoisotopic (exact) mass is 313 g/mol. The van der Waals surface area contributed by atoms with Crippen LogP contribution in [0.2, 0.25) is 0 Å². The minimum Gasteiger partial charge on any atom is -0.494 e. The molecular weight excluding hydrogens is 298 g/mol. The molecule has 22 heavy (non-hydrogen) atoms. The third-order valence-corrected chi connectivity index (χ3v) is 3.46. The van der Waals surface area contributed by atoms with E-state index in [9.17, 15) is 0 Å². The number of pyridine rings is 1. The van der Waals surface area contributed by atoms with Gasteiger partial charge in [0.25, 0.3) is 0 Å². The van der Waals surface area contributed by atoms with E-state index >= 15 is 0 Å². The number of aromatic nitrogens is 3. The zero-order valence-electron chi connectivity index (χ0n) is 12.2. The van der Waals surface area contributed by atoms with E-state index in [1.807, 2.05) is 29.8 Å². The van der Waals surface area contributed by atoms with E-state index in [0.29, 0.717) is 16.5 Å².